The predicted octanol–water partition coefficient (Wildman–Crippen LogP) is 0.639. The standard InChI is InChI=1S/C12H16ClN3O3/c13-9-6-16(12(19)15-11(9)18)7-10(17)14-8-4-2-1-3-5-8/h6,8H,1-5,7H2,(H,14,17)(H,15,18,19). The SMILES string of the molecule is O=C(Cn1cc(Cl)c(=O)[nH]c1=O)NC1CCCCC1. The summed E-state index contributed by atoms with van der Waals surface area (Å²) < 4.78 is 1.10. The number of carbonyl (C=O) groups excluding carboxylic acids is 1. The average molecular weight is 286 g/mol. The molecule has 0 saturated heterocycles. The van der Waals surface area contributed by atoms with Crippen LogP contribution in [-0.2, 0) is 11.3 Å². The lowest BCUT2D eigenvalue weighted by atomic mass is 9.95. The van der Waals surface area contributed by atoms with Crippen molar-refractivity contribution in [3.63, 3.8) is 0 Å². The van der Waals surface area contributed by atoms with Gasteiger partial charge in [0.15, 0.2) is 0 Å². The van der Waals surface area contributed by atoms with Gasteiger partial charge in [-0.2, -0.15) is 0 Å². The van der Waals surface area contributed by atoms with Crippen LogP contribution < -0.4 is 16.6 Å². The Kier molecular flexibility index (Phi) is 4.42. The number of H-pyrrole nitrogens is 1. The van der Waals surface area contributed by atoms with E-state index in [-0.39, 0.29) is 23.5 Å². The molecule has 0 unspecified atom stereocenters. The zero-order valence-corrected chi connectivity index (χ0v) is 11.2. The normalized spacial score (nSPS) is 16.3. The smallest absolute Gasteiger partial charge is 0.328 e. The van der Waals surface area contributed by atoms with Gasteiger partial charge < -0.3 is 5.32 Å². The van der Waals surface area contributed by atoms with Crippen molar-refractivity contribution in [3.8, 4) is 0 Å². The summed E-state index contributed by atoms with van der Waals surface area (Å²) in [5.41, 5.74) is -1.27. The first kappa shape index (κ1) is 13.9. The van der Waals surface area contributed by atoms with Crippen molar-refractivity contribution in [2.24, 2.45) is 0 Å². The summed E-state index contributed by atoms with van der Waals surface area (Å²) in [7, 11) is 0. The van der Waals surface area contributed by atoms with Crippen LogP contribution in [0.5, 0.6) is 0 Å². The molecule has 1 amide bonds. The van der Waals surface area contributed by atoms with Crippen LogP contribution in [0.2, 0.25) is 5.02 Å². The largest absolute Gasteiger partial charge is 0.352 e. The first-order valence-electron chi connectivity index (χ1n) is 6.35. The van der Waals surface area contributed by atoms with E-state index in [4.69, 9.17) is 11.6 Å². The quantitative estimate of drug-likeness (QED) is 0.855. The van der Waals surface area contributed by atoms with E-state index >= 15 is 0 Å². The van der Waals surface area contributed by atoms with E-state index in [0.29, 0.717) is 0 Å². The van der Waals surface area contributed by atoms with Crippen molar-refractivity contribution in [1.29, 1.82) is 0 Å². The van der Waals surface area contributed by atoms with Crippen LogP contribution in [0.15, 0.2) is 15.8 Å². The van der Waals surface area contributed by atoms with Crippen LogP contribution in [0.1, 0.15) is 32.1 Å². The van der Waals surface area contributed by atoms with E-state index in [9.17, 15) is 14.4 Å². The molecule has 0 atom stereocenters. The summed E-state index contributed by atoms with van der Waals surface area (Å²) in [6.45, 7) is -0.133. The molecule has 1 heterocycles. The Balaban J connectivity index is 2.00. The van der Waals surface area contributed by atoms with Gasteiger partial charge >= 0.3 is 5.69 Å². The Bertz CT molecular complexity index is 572. The number of aromatic nitrogens is 2. The number of aromatic amines is 1. The van der Waals surface area contributed by atoms with Crippen molar-refractivity contribution in [2.45, 2.75) is 44.7 Å². The molecule has 1 fully saturated rings. The second-order valence-corrected chi connectivity index (χ2v) is 5.17. The Morgan fingerprint density at radius 2 is 2.05 bits per heavy atom. The lowest BCUT2D eigenvalue weighted by Crippen LogP contribution is -2.41. The van der Waals surface area contributed by atoms with Crippen LogP contribution in [0.25, 0.3) is 0 Å². The molecule has 1 saturated carbocycles. The highest BCUT2D eigenvalue weighted by Gasteiger charge is 2.16. The Morgan fingerprint density at radius 1 is 1.37 bits per heavy atom. The maximum absolute atomic E-state index is 11.8. The van der Waals surface area contributed by atoms with Crippen LogP contribution in [0.4, 0.5) is 0 Å². The predicted molar refractivity (Wildman–Crippen MR) is 71.3 cm³/mol. The van der Waals surface area contributed by atoms with E-state index in [0.717, 1.165) is 30.3 Å². The molecule has 2 N–H and O–H groups in total. The molecule has 0 aromatic carbocycles. The molecular formula is C12H16ClN3O3. The summed E-state index contributed by atoms with van der Waals surface area (Å²) in [5, 5.41) is 2.79. The maximum Gasteiger partial charge on any atom is 0.328 e. The molecule has 2 rings (SSSR count). The summed E-state index contributed by atoms with van der Waals surface area (Å²) in [4.78, 5) is 36.5. The van der Waals surface area contributed by atoms with Crippen LogP contribution in [-0.4, -0.2) is 21.5 Å². The second-order valence-electron chi connectivity index (χ2n) is 4.77. The number of rotatable bonds is 3. The second kappa shape index (κ2) is 6.06. The topological polar surface area (TPSA) is 84.0 Å². The highest BCUT2D eigenvalue weighted by molar-refractivity contribution is 6.30. The molecule has 104 valence electrons. The lowest BCUT2D eigenvalue weighted by Gasteiger charge is -2.22. The molecule has 0 aliphatic heterocycles. The minimum atomic E-state index is -0.643. The fourth-order valence-corrected chi connectivity index (χ4v) is 2.44. The van der Waals surface area contributed by atoms with Crippen molar-refractivity contribution in [2.75, 3.05) is 0 Å². The summed E-state index contributed by atoms with van der Waals surface area (Å²) in [6, 6.07) is 0.190. The van der Waals surface area contributed by atoms with E-state index in [1.54, 1.807) is 0 Å². The molecule has 0 bridgehead atoms. The number of amides is 1. The van der Waals surface area contributed by atoms with Crippen molar-refractivity contribution >= 4 is 17.5 Å². The van der Waals surface area contributed by atoms with Crippen molar-refractivity contribution in [1.82, 2.24) is 14.9 Å². The number of nitrogens with one attached hydrogen (secondary N) is 2. The Morgan fingerprint density at radius 3 is 2.74 bits per heavy atom. The number of hydrogen-bond acceptors (Lipinski definition) is 3. The first-order chi connectivity index (χ1) is 9.06. The third-order valence-electron chi connectivity index (χ3n) is 3.25. The Hall–Kier alpha value is -1.56. The van der Waals surface area contributed by atoms with E-state index in [1.807, 2.05) is 0 Å². The van der Waals surface area contributed by atoms with Crippen LogP contribution in [0.3, 0.4) is 0 Å². The number of halogens is 1. The van der Waals surface area contributed by atoms with Gasteiger partial charge in [-0.05, 0) is 12.8 Å². The third-order valence-corrected chi connectivity index (χ3v) is 3.52. The van der Waals surface area contributed by atoms with Gasteiger partial charge in [-0.25, -0.2) is 4.79 Å². The monoisotopic (exact) mass is 285 g/mol. The molecular weight excluding hydrogens is 270 g/mol. The maximum atomic E-state index is 11.8. The zero-order valence-electron chi connectivity index (χ0n) is 10.4. The van der Waals surface area contributed by atoms with Gasteiger partial charge in [-0.15, -0.1) is 0 Å². The highest BCUT2D eigenvalue weighted by atomic mass is 35.5. The molecule has 1 aliphatic carbocycles. The van der Waals surface area contributed by atoms with Gasteiger partial charge in [-0.1, -0.05) is 30.9 Å². The van der Waals surface area contributed by atoms with Crippen molar-refractivity contribution < 1.29 is 4.79 Å². The van der Waals surface area contributed by atoms with Gasteiger partial charge in [0.2, 0.25) is 5.91 Å². The highest BCUT2D eigenvalue weighted by Crippen LogP contribution is 2.17. The van der Waals surface area contributed by atoms with E-state index in [1.165, 1.54) is 12.6 Å². The molecule has 1 aromatic rings. The fourth-order valence-electron chi connectivity index (χ4n) is 2.28. The zero-order chi connectivity index (χ0) is 13.8. The molecule has 7 heteroatoms. The molecule has 0 radical (unpaired) electrons. The molecule has 19 heavy (non-hydrogen) atoms. The molecule has 6 nitrogen and oxygen atoms in total. The van der Waals surface area contributed by atoms with Gasteiger partial charge in [0.25, 0.3) is 5.56 Å². The van der Waals surface area contributed by atoms with Gasteiger partial charge in [0.1, 0.15) is 11.6 Å². The summed E-state index contributed by atoms with van der Waals surface area (Å²) in [6.07, 6.45) is 6.59. The summed E-state index contributed by atoms with van der Waals surface area (Å²) >= 11 is 5.63. The van der Waals surface area contributed by atoms with Gasteiger partial charge in [0.05, 0.1) is 0 Å². The lowest BCUT2D eigenvalue weighted by molar-refractivity contribution is -0.122. The third kappa shape index (κ3) is 3.70. The Labute approximate surface area is 114 Å². The number of hydrogen-bond donors (Lipinski definition) is 2. The van der Waals surface area contributed by atoms with Crippen LogP contribution >= 0.6 is 11.6 Å². The van der Waals surface area contributed by atoms with E-state index in [2.05, 4.69) is 10.3 Å². The van der Waals surface area contributed by atoms with E-state index < -0.39 is 11.2 Å². The fraction of sp³-hybridized carbons (Fsp3) is 0.583. The van der Waals surface area contributed by atoms with Gasteiger partial charge in [-0.3, -0.25) is 19.1 Å². The number of carbonyl (C=O) groups is 1. The van der Waals surface area contributed by atoms with Crippen LogP contribution in [0, 0.1) is 0 Å². The molecule has 0 spiro atoms. The number of nitrogens with zero attached hydrogens (tertiary/aromatic N) is 1. The molecule has 1 aromatic heterocycles. The minimum absolute atomic E-state index is 0.106. The molecule has 1 aliphatic rings. The average Bonchev–Trinajstić information content (AvgIpc) is 2.37. The van der Waals surface area contributed by atoms with Crippen molar-refractivity contribution in [3.05, 3.63) is 32.1 Å². The van der Waals surface area contributed by atoms with Gasteiger partial charge in [0, 0.05) is 12.2 Å². The minimum Gasteiger partial charge on any atom is -0.352 e. The first-order valence-corrected chi connectivity index (χ1v) is 6.72. The summed E-state index contributed by atoms with van der Waals surface area (Å²) in [5.74, 6) is -0.239.